The predicted molar refractivity (Wildman–Crippen MR) is 83.1 cm³/mol. The van der Waals surface area contributed by atoms with Crippen LogP contribution in [-0.4, -0.2) is 25.7 Å². The van der Waals surface area contributed by atoms with Crippen molar-refractivity contribution >= 4 is 11.9 Å². The Bertz CT molecular complexity index is 824. The summed E-state index contributed by atoms with van der Waals surface area (Å²) in [5.41, 5.74) is 7.92. The first kappa shape index (κ1) is 12.5. The van der Waals surface area contributed by atoms with Crippen molar-refractivity contribution in [2.75, 3.05) is 5.32 Å². The van der Waals surface area contributed by atoms with Gasteiger partial charge < -0.3 is 11.1 Å². The van der Waals surface area contributed by atoms with E-state index in [0.29, 0.717) is 17.7 Å². The number of aromatic nitrogens is 4. The molecule has 0 spiro atoms. The van der Waals surface area contributed by atoms with E-state index in [2.05, 4.69) is 25.4 Å². The third-order valence-electron chi connectivity index (χ3n) is 3.41. The summed E-state index contributed by atoms with van der Waals surface area (Å²) in [6.07, 6.45) is 3.15. The molecular weight excluding hydrogens is 278 g/mol. The van der Waals surface area contributed by atoms with Crippen LogP contribution < -0.4 is 11.1 Å². The van der Waals surface area contributed by atoms with E-state index in [0.717, 1.165) is 11.1 Å². The van der Waals surface area contributed by atoms with Crippen molar-refractivity contribution in [2.24, 2.45) is 10.7 Å². The van der Waals surface area contributed by atoms with Gasteiger partial charge in [-0.15, -0.1) is 5.10 Å². The largest absolute Gasteiger partial charge is 0.368 e. The van der Waals surface area contributed by atoms with Gasteiger partial charge in [0, 0.05) is 18.0 Å². The van der Waals surface area contributed by atoms with E-state index >= 15 is 0 Å². The number of benzene rings is 1. The summed E-state index contributed by atoms with van der Waals surface area (Å²) in [5.74, 6) is 1.50. The zero-order valence-corrected chi connectivity index (χ0v) is 11.6. The van der Waals surface area contributed by atoms with Crippen LogP contribution in [0.4, 0.5) is 5.95 Å². The SMILES string of the molecule is NC1=NC(c2ccncc2)Nc2nc(-c3ccccc3)nn21. The third-order valence-corrected chi connectivity index (χ3v) is 3.41. The molecule has 3 aromatic rings. The van der Waals surface area contributed by atoms with E-state index in [-0.39, 0.29) is 6.17 Å². The lowest BCUT2D eigenvalue weighted by atomic mass is 10.2. The molecule has 1 atom stereocenters. The maximum absolute atomic E-state index is 6.02. The highest BCUT2D eigenvalue weighted by Gasteiger charge is 2.23. The van der Waals surface area contributed by atoms with Crippen LogP contribution in [-0.2, 0) is 0 Å². The summed E-state index contributed by atoms with van der Waals surface area (Å²) in [5, 5.41) is 7.63. The van der Waals surface area contributed by atoms with Crippen molar-refractivity contribution in [3.05, 3.63) is 60.4 Å². The maximum Gasteiger partial charge on any atom is 0.231 e. The number of nitrogens with zero attached hydrogens (tertiary/aromatic N) is 5. The molecule has 3 heterocycles. The van der Waals surface area contributed by atoms with Crippen molar-refractivity contribution < 1.29 is 0 Å². The number of aliphatic imine (C=N–C) groups is 1. The number of nitrogens with two attached hydrogens (primary N) is 1. The van der Waals surface area contributed by atoms with Crippen LogP contribution in [0.1, 0.15) is 11.7 Å². The molecule has 22 heavy (non-hydrogen) atoms. The summed E-state index contributed by atoms with van der Waals surface area (Å²) in [4.78, 5) is 12.9. The second-order valence-corrected chi connectivity index (χ2v) is 4.85. The van der Waals surface area contributed by atoms with Gasteiger partial charge in [0.15, 0.2) is 12.0 Å². The summed E-state index contributed by atoms with van der Waals surface area (Å²) in [7, 11) is 0. The zero-order valence-electron chi connectivity index (χ0n) is 11.6. The summed E-state index contributed by atoms with van der Waals surface area (Å²) in [6, 6.07) is 13.5. The Labute approximate surface area is 126 Å². The van der Waals surface area contributed by atoms with E-state index in [1.807, 2.05) is 42.5 Å². The molecule has 4 rings (SSSR count). The van der Waals surface area contributed by atoms with Gasteiger partial charge in [0.2, 0.25) is 11.9 Å². The third kappa shape index (κ3) is 2.08. The first-order valence-electron chi connectivity index (χ1n) is 6.84. The minimum atomic E-state index is -0.289. The Balaban J connectivity index is 1.72. The molecule has 7 nitrogen and oxygen atoms in total. The summed E-state index contributed by atoms with van der Waals surface area (Å²) < 4.78 is 1.51. The van der Waals surface area contributed by atoms with Crippen LogP contribution in [0.15, 0.2) is 59.9 Å². The Morgan fingerprint density at radius 2 is 1.82 bits per heavy atom. The number of anilines is 1. The molecule has 7 heteroatoms. The van der Waals surface area contributed by atoms with Crippen LogP contribution in [0.3, 0.4) is 0 Å². The molecule has 1 aliphatic heterocycles. The number of hydrogen-bond acceptors (Lipinski definition) is 6. The van der Waals surface area contributed by atoms with Gasteiger partial charge in [0.25, 0.3) is 0 Å². The first-order chi connectivity index (χ1) is 10.8. The van der Waals surface area contributed by atoms with Crippen LogP contribution in [0.5, 0.6) is 0 Å². The molecule has 1 aliphatic rings. The molecule has 0 saturated carbocycles. The monoisotopic (exact) mass is 291 g/mol. The van der Waals surface area contributed by atoms with Crippen LogP contribution in [0.2, 0.25) is 0 Å². The average molecular weight is 291 g/mol. The number of hydrogen-bond donors (Lipinski definition) is 2. The predicted octanol–water partition coefficient (Wildman–Crippen LogP) is 1.63. The van der Waals surface area contributed by atoms with Gasteiger partial charge in [-0.3, -0.25) is 4.98 Å². The molecule has 0 radical (unpaired) electrons. The minimum Gasteiger partial charge on any atom is -0.368 e. The van der Waals surface area contributed by atoms with Gasteiger partial charge in [-0.2, -0.15) is 9.67 Å². The molecule has 0 saturated heterocycles. The molecule has 2 aromatic heterocycles. The van der Waals surface area contributed by atoms with E-state index in [1.165, 1.54) is 4.68 Å². The molecular formula is C15H13N7. The summed E-state index contributed by atoms with van der Waals surface area (Å²) >= 11 is 0. The Morgan fingerprint density at radius 1 is 1.05 bits per heavy atom. The van der Waals surface area contributed by atoms with Crippen molar-refractivity contribution in [3.8, 4) is 11.4 Å². The van der Waals surface area contributed by atoms with Crippen LogP contribution >= 0.6 is 0 Å². The lowest BCUT2D eigenvalue weighted by molar-refractivity contribution is 0.750. The van der Waals surface area contributed by atoms with Crippen LogP contribution in [0, 0.1) is 0 Å². The standard InChI is InChI=1S/C15H13N7/c16-14-18-12(11-6-8-17-9-7-11)19-15-20-13(21-22(14)15)10-4-2-1-3-5-10/h1-9,12H,(H2,16,18)(H,19,20,21). The van der Waals surface area contributed by atoms with Crippen molar-refractivity contribution in [1.29, 1.82) is 0 Å². The lowest BCUT2D eigenvalue weighted by Crippen LogP contribution is -2.32. The van der Waals surface area contributed by atoms with Gasteiger partial charge in [0.05, 0.1) is 0 Å². The fourth-order valence-corrected chi connectivity index (χ4v) is 2.32. The molecule has 108 valence electrons. The van der Waals surface area contributed by atoms with Gasteiger partial charge in [-0.25, -0.2) is 4.99 Å². The fourth-order valence-electron chi connectivity index (χ4n) is 2.32. The first-order valence-corrected chi connectivity index (χ1v) is 6.84. The van der Waals surface area contributed by atoms with Crippen molar-refractivity contribution in [3.63, 3.8) is 0 Å². The Morgan fingerprint density at radius 3 is 2.59 bits per heavy atom. The molecule has 1 aromatic carbocycles. The van der Waals surface area contributed by atoms with Crippen molar-refractivity contribution in [2.45, 2.75) is 6.17 Å². The molecule has 3 N–H and O–H groups in total. The fraction of sp³-hybridized carbons (Fsp3) is 0.0667. The Kier molecular flexibility index (Phi) is 2.82. The number of rotatable bonds is 2. The number of pyridine rings is 1. The molecule has 0 fully saturated rings. The van der Waals surface area contributed by atoms with E-state index < -0.39 is 0 Å². The molecule has 0 aliphatic carbocycles. The van der Waals surface area contributed by atoms with E-state index in [1.54, 1.807) is 12.4 Å². The minimum absolute atomic E-state index is 0.289. The highest BCUT2D eigenvalue weighted by molar-refractivity contribution is 5.84. The van der Waals surface area contributed by atoms with Crippen molar-refractivity contribution in [1.82, 2.24) is 19.7 Å². The Hall–Kier alpha value is -3.22. The van der Waals surface area contributed by atoms with Gasteiger partial charge >= 0.3 is 0 Å². The lowest BCUT2D eigenvalue weighted by Gasteiger charge is -2.20. The van der Waals surface area contributed by atoms with E-state index in [9.17, 15) is 0 Å². The van der Waals surface area contributed by atoms with E-state index in [4.69, 9.17) is 5.73 Å². The normalized spacial score (nSPS) is 16.5. The second-order valence-electron chi connectivity index (χ2n) is 4.85. The second kappa shape index (κ2) is 4.96. The number of fused-ring (bicyclic) bond motifs is 1. The highest BCUT2D eigenvalue weighted by Crippen LogP contribution is 2.25. The van der Waals surface area contributed by atoms with Gasteiger partial charge in [0.1, 0.15) is 0 Å². The highest BCUT2D eigenvalue weighted by atomic mass is 15.5. The summed E-state index contributed by atoms with van der Waals surface area (Å²) in [6.45, 7) is 0. The maximum atomic E-state index is 6.02. The average Bonchev–Trinajstić information content (AvgIpc) is 3.01. The van der Waals surface area contributed by atoms with Crippen LogP contribution in [0.25, 0.3) is 11.4 Å². The topological polar surface area (TPSA) is 94.0 Å². The molecule has 1 unspecified atom stereocenters. The molecule has 0 amide bonds. The van der Waals surface area contributed by atoms with Gasteiger partial charge in [-0.05, 0) is 17.7 Å². The zero-order chi connectivity index (χ0) is 14.9. The smallest absolute Gasteiger partial charge is 0.231 e. The quantitative estimate of drug-likeness (QED) is 0.748. The molecule has 0 bridgehead atoms. The number of nitrogens with one attached hydrogen (secondary N) is 1. The van der Waals surface area contributed by atoms with Gasteiger partial charge in [-0.1, -0.05) is 30.3 Å².